The third kappa shape index (κ3) is 2.53. The minimum Gasteiger partial charge on any atom is -0.255 e. The lowest BCUT2D eigenvalue weighted by atomic mass is 9.82. The van der Waals surface area contributed by atoms with Gasteiger partial charge in [-0.1, -0.05) is 48.5 Å². The van der Waals surface area contributed by atoms with E-state index in [9.17, 15) is 0 Å². The van der Waals surface area contributed by atoms with Gasteiger partial charge in [0.25, 0.3) is 0 Å². The Hall–Kier alpha value is -0.960. The lowest BCUT2D eigenvalue weighted by molar-refractivity contribution is 0.575. The summed E-state index contributed by atoms with van der Waals surface area (Å²) >= 11 is 1.75. The zero-order chi connectivity index (χ0) is 14.4. The highest BCUT2D eigenvalue weighted by Crippen LogP contribution is 2.39. The fraction of sp³-hybridized carbons (Fsp3) is 0.625. The van der Waals surface area contributed by atoms with Crippen LogP contribution in [0.2, 0.25) is 0 Å². The normalized spacial score (nSPS) is 12.9. The molecule has 0 bridgehead atoms. The summed E-state index contributed by atoms with van der Waals surface area (Å²) < 4.78 is 1.33. The van der Waals surface area contributed by atoms with Gasteiger partial charge in [0.2, 0.25) is 0 Å². The molecule has 0 amide bonds. The zero-order valence-corrected chi connectivity index (χ0v) is 13.9. The van der Waals surface area contributed by atoms with Crippen LogP contribution < -0.4 is 0 Å². The molecule has 104 valence electrons. The van der Waals surface area contributed by atoms with Crippen molar-refractivity contribution in [2.45, 2.75) is 65.7 Å². The first kappa shape index (κ1) is 14.4. The van der Waals surface area contributed by atoms with Crippen LogP contribution in [0, 0.1) is 0 Å². The number of pyridine rings is 1. The average molecular weight is 276 g/mol. The standard InChI is InChI=1S/C16H24N2S/c1-9(2)12-11(16(5,6)7)15-14(17-8-19-15)13(18-12)10(3)4/h8-10H,1-7H3. The molecule has 0 aliphatic heterocycles. The largest absolute Gasteiger partial charge is 0.255 e. The van der Waals surface area contributed by atoms with E-state index in [0.717, 1.165) is 11.2 Å². The van der Waals surface area contributed by atoms with Crippen LogP contribution >= 0.6 is 11.3 Å². The minimum atomic E-state index is 0.104. The maximum absolute atomic E-state index is 4.98. The molecule has 0 N–H and O–H groups in total. The van der Waals surface area contributed by atoms with Crippen LogP contribution in [0.3, 0.4) is 0 Å². The highest BCUT2D eigenvalue weighted by Gasteiger charge is 2.27. The van der Waals surface area contributed by atoms with Gasteiger partial charge in [-0.05, 0) is 22.8 Å². The molecule has 2 aromatic rings. The summed E-state index contributed by atoms with van der Waals surface area (Å²) in [6.45, 7) is 15.7. The molecule has 2 aromatic heterocycles. The fourth-order valence-electron chi connectivity index (χ4n) is 2.51. The summed E-state index contributed by atoms with van der Waals surface area (Å²) in [5, 5.41) is 0. The molecule has 2 nitrogen and oxygen atoms in total. The molecule has 0 unspecified atom stereocenters. The summed E-state index contributed by atoms with van der Waals surface area (Å²) in [6, 6.07) is 0. The molecular weight excluding hydrogens is 252 g/mol. The summed E-state index contributed by atoms with van der Waals surface area (Å²) in [5.41, 5.74) is 6.93. The van der Waals surface area contributed by atoms with E-state index in [0.29, 0.717) is 11.8 Å². The van der Waals surface area contributed by atoms with Crippen molar-refractivity contribution in [2.24, 2.45) is 0 Å². The second-order valence-electron chi connectivity index (χ2n) is 6.85. The SMILES string of the molecule is CC(C)c1nc(C(C)C)c2ncsc2c1C(C)(C)C. The summed E-state index contributed by atoms with van der Waals surface area (Å²) in [4.78, 5) is 9.55. The first-order valence-corrected chi connectivity index (χ1v) is 7.89. The van der Waals surface area contributed by atoms with Gasteiger partial charge in [0, 0.05) is 5.69 Å². The number of fused-ring (bicyclic) bond motifs is 1. The van der Waals surface area contributed by atoms with Crippen molar-refractivity contribution in [3.8, 4) is 0 Å². The average Bonchev–Trinajstić information content (AvgIpc) is 2.72. The molecule has 2 heterocycles. The van der Waals surface area contributed by atoms with Crippen LogP contribution in [0.15, 0.2) is 5.51 Å². The molecule has 0 saturated heterocycles. The van der Waals surface area contributed by atoms with Crippen LogP contribution in [0.5, 0.6) is 0 Å². The predicted octanol–water partition coefficient (Wildman–Crippen LogP) is 5.24. The van der Waals surface area contributed by atoms with Crippen molar-refractivity contribution in [3.63, 3.8) is 0 Å². The van der Waals surface area contributed by atoms with Crippen molar-refractivity contribution in [1.29, 1.82) is 0 Å². The van der Waals surface area contributed by atoms with E-state index in [1.54, 1.807) is 11.3 Å². The van der Waals surface area contributed by atoms with Crippen molar-refractivity contribution in [2.75, 3.05) is 0 Å². The quantitative estimate of drug-likeness (QED) is 0.750. The number of nitrogens with zero attached hydrogens (tertiary/aromatic N) is 2. The molecule has 0 aliphatic rings. The smallest absolute Gasteiger partial charge is 0.103 e. The van der Waals surface area contributed by atoms with Gasteiger partial charge in [0.05, 0.1) is 15.9 Å². The van der Waals surface area contributed by atoms with Gasteiger partial charge in [0.15, 0.2) is 0 Å². The second-order valence-corrected chi connectivity index (χ2v) is 7.70. The molecule has 0 aromatic carbocycles. The second kappa shape index (κ2) is 4.86. The van der Waals surface area contributed by atoms with Crippen molar-refractivity contribution >= 4 is 21.6 Å². The number of hydrogen-bond acceptors (Lipinski definition) is 3. The van der Waals surface area contributed by atoms with Gasteiger partial charge in [-0.25, -0.2) is 4.98 Å². The van der Waals surface area contributed by atoms with Gasteiger partial charge in [0.1, 0.15) is 5.52 Å². The van der Waals surface area contributed by atoms with E-state index >= 15 is 0 Å². The zero-order valence-electron chi connectivity index (χ0n) is 13.0. The molecular formula is C16H24N2S. The Morgan fingerprint density at radius 2 is 1.58 bits per heavy atom. The Balaban J connectivity index is 2.89. The number of rotatable bonds is 2. The van der Waals surface area contributed by atoms with Crippen LogP contribution in [0.4, 0.5) is 0 Å². The van der Waals surface area contributed by atoms with Gasteiger partial charge in [-0.3, -0.25) is 4.98 Å². The molecule has 19 heavy (non-hydrogen) atoms. The topological polar surface area (TPSA) is 25.8 Å². The monoisotopic (exact) mass is 276 g/mol. The lowest BCUT2D eigenvalue weighted by Crippen LogP contribution is -2.18. The predicted molar refractivity (Wildman–Crippen MR) is 84.3 cm³/mol. The molecule has 0 spiro atoms. The molecule has 0 saturated carbocycles. The molecule has 0 aliphatic carbocycles. The molecule has 0 atom stereocenters. The Bertz CT molecular complexity index is 589. The number of aromatic nitrogens is 2. The summed E-state index contributed by atoms with van der Waals surface area (Å²) in [6.07, 6.45) is 0. The van der Waals surface area contributed by atoms with Crippen LogP contribution in [0.25, 0.3) is 10.2 Å². The van der Waals surface area contributed by atoms with Crippen molar-refractivity contribution in [1.82, 2.24) is 9.97 Å². The van der Waals surface area contributed by atoms with E-state index in [2.05, 4.69) is 53.5 Å². The van der Waals surface area contributed by atoms with E-state index in [1.807, 2.05) is 5.51 Å². The lowest BCUT2D eigenvalue weighted by Gasteiger charge is -2.26. The summed E-state index contributed by atoms with van der Waals surface area (Å²) in [5.74, 6) is 0.856. The molecule has 0 fully saturated rings. The van der Waals surface area contributed by atoms with Crippen molar-refractivity contribution < 1.29 is 0 Å². The Morgan fingerprint density at radius 3 is 2.05 bits per heavy atom. The Kier molecular flexibility index (Phi) is 3.69. The van der Waals surface area contributed by atoms with Crippen LogP contribution in [-0.2, 0) is 5.41 Å². The highest BCUT2D eigenvalue weighted by molar-refractivity contribution is 7.17. The third-order valence-corrected chi connectivity index (χ3v) is 4.22. The molecule has 0 radical (unpaired) electrons. The van der Waals surface area contributed by atoms with Crippen LogP contribution in [-0.4, -0.2) is 9.97 Å². The van der Waals surface area contributed by atoms with E-state index in [4.69, 9.17) is 4.98 Å². The van der Waals surface area contributed by atoms with Gasteiger partial charge in [-0.2, -0.15) is 0 Å². The van der Waals surface area contributed by atoms with Crippen molar-refractivity contribution in [3.05, 3.63) is 22.5 Å². The maximum Gasteiger partial charge on any atom is 0.103 e. The molecule has 2 rings (SSSR count). The summed E-state index contributed by atoms with van der Waals surface area (Å²) in [7, 11) is 0. The third-order valence-electron chi connectivity index (χ3n) is 3.38. The maximum atomic E-state index is 4.98. The highest BCUT2D eigenvalue weighted by atomic mass is 32.1. The van der Waals surface area contributed by atoms with Crippen LogP contribution in [0.1, 0.15) is 77.3 Å². The molecule has 3 heteroatoms. The van der Waals surface area contributed by atoms with E-state index in [1.165, 1.54) is 16.0 Å². The van der Waals surface area contributed by atoms with Gasteiger partial charge in [-0.15, -0.1) is 11.3 Å². The first-order chi connectivity index (χ1) is 8.73. The minimum absolute atomic E-state index is 0.104. The van der Waals surface area contributed by atoms with E-state index < -0.39 is 0 Å². The van der Waals surface area contributed by atoms with Gasteiger partial charge >= 0.3 is 0 Å². The van der Waals surface area contributed by atoms with Gasteiger partial charge < -0.3 is 0 Å². The number of hydrogen-bond donors (Lipinski definition) is 0. The number of thiazole rings is 1. The van der Waals surface area contributed by atoms with E-state index in [-0.39, 0.29) is 5.41 Å². The Labute approximate surface area is 120 Å². The fourth-order valence-corrected chi connectivity index (χ4v) is 3.57. The first-order valence-electron chi connectivity index (χ1n) is 7.01. The Morgan fingerprint density at radius 1 is 1.00 bits per heavy atom.